The molecule has 0 aliphatic carbocycles. The zero-order chi connectivity index (χ0) is 42.9. The van der Waals surface area contributed by atoms with E-state index in [-0.39, 0.29) is 56.4 Å². The fourth-order valence-corrected chi connectivity index (χ4v) is 8.46. The molecule has 3 rings (SSSR count). The molecule has 0 aromatic carbocycles. The van der Waals surface area contributed by atoms with Crippen molar-refractivity contribution in [2.45, 2.75) is 187 Å². The number of nitrogens with zero attached hydrogens (tertiary/aromatic N) is 1. The van der Waals surface area contributed by atoms with Crippen molar-refractivity contribution in [1.29, 1.82) is 0 Å². The smallest absolute Gasteiger partial charge is 0.329 e. The molecule has 3 heterocycles. The van der Waals surface area contributed by atoms with E-state index in [1.165, 1.54) is 0 Å². The second-order valence-corrected chi connectivity index (χ2v) is 17.6. The molecule has 0 aromatic heterocycles. The van der Waals surface area contributed by atoms with Crippen molar-refractivity contribution in [3.63, 3.8) is 0 Å². The maximum absolute atomic E-state index is 13.9. The minimum Gasteiger partial charge on any atom is -0.456 e. The van der Waals surface area contributed by atoms with Gasteiger partial charge in [-0.15, -0.1) is 0 Å². The van der Waals surface area contributed by atoms with Gasteiger partial charge >= 0.3 is 5.97 Å². The summed E-state index contributed by atoms with van der Waals surface area (Å²) < 4.78 is 12.0. The van der Waals surface area contributed by atoms with Gasteiger partial charge in [-0.25, -0.2) is 4.79 Å². The summed E-state index contributed by atoms with van der Waals surface area (Å²) in [5, 5.41) is 77.2. The van der Waals surface area contributed by atoms with Crippen molar-refractivity contribution in [3.8, 4) is 0 Å². The van der Waals surface area contributed by atoms with Crippen molar-refractivity contribution >= 4 is 17.7 Å². The number of carbonyl (C=O) groups is 3. The zero-order valence-corrected chi connectivity index (χ0v) is 35.7. The highest BCUT2D eigenvalue weighted by Gasteiger charge is 2.53. The summed E-state index contributed by atoms with van der Waals surface area (Å²) in [6.45, 7) is 16.2. The van der Waals surface area contributed by atoms with Crippen LogP contribution >= 0.6 is 0 Å². The monoisotopic (exact) mass is 808 g/mol. The zero-order valence-electron chi connectivity index (χ0n) is 35.7. The third-order valence-electron chi connectivity index (χ3n) is 12.8. The summed E-state index contributed by atoms with van der Waals surface area (Å²) in [5.41, 5.74) is 2.08. The maximum Gasteiger partial charge on any atom is 0.329 e. The summed E-state index contributed by atoms with van der Waals surface area (Å²) in [7, 11) is 0. The Balaban J connectivity index is 2.01. The first kappa shape index (κ1) is 48.9. The van der Waals surface area contributed by atoms with E-state index in [9.17, 15) is 50.1 Å². The number of ether oxygens (including phenoxy) is 2. The first-order chi connectivity index (χ1) is 26.6. The minimum atomic E-state index is -2.52. The fourth-order valence-electron chi connectivity index (χ4n) is 8.46. The van der Waals surface area contributed by atoms with Crippen LogP contribution in [0.5, 0.6) is 0 Å². The molecule has 0 spiro atoms. The van der Waals surface area contributed by atoms with E-state index in [1.807, 2.05) is 45.9 Å². The van der Waals surface area contributed by atoms with Gasteiger partial charge in [-0.3, -0.25) is 9.59 Å². The predicted octanol–water partition coefficient (Wildman–Crippen LogP) is 3.88. The highest BCUT2D eigenvalue weighted by atomic mass is 16.6. The molecule has 57 heavy (non-hydrogen) atoms. The number of hydrogen-bond donors (Lipinski definition) is 7. The van der Waals surface area contributed by atoms with Gasteiger partial charge in [0, 0.05) is 37.1 Å². The molecule has 15 atom stereocenters. The molecule has 3 aliphatic rings. The molecular weight excluding hydrogens is 734 g/mol. The number of Topliss-reactive ketones (excluding diaryl/α,β-unsaturated/α-hetero) is 1. The van der Waals surface area contributed by atoms with Crippen LogP contribution in [0.1, 0.15) is 127 Å². The fraction of sp³-hybridized carbons (Fsp3) is 0.795. The average molecular weight is 808 g/mol. The summed E-state index contributed by atoms with van der Waals surface area (Å²) in [6.07, 6.45) is 0.600. The number of carbonyl (C=O) groups excluding carboxylic acids is 3. The molecule has 15 unspecified atom stereocenters. The number of cyclic esters (lactones) is 1. The maximum atomic E-state index is 13.9. The molecule has 1 amide bonds. The number of rotatable bonds is 4. The number of aliphatic hydroxyl groups is 7. The van der Waals surface area contributed by atoms with Crippen molar-refractivity contribution in [2.75, 3.05) is 6.54 Å². The van der Waals surface area contributed by atoms with Crippen molar-refractivity contribution < 1.29 is 59.6 Å². The second-order valence-electron chi connectivity index (χ2n) is 17.6. The van der Waals surface area contributed by atoms with Gasteiger partial charge in [0.15, 0.2) is 0 Å². The molecule has 0 saturated carbocycles. The van der Waals surface area contributed by atoms with Crippen LogP contribution in [-0.2, 0) is 23.9 Å². The van der Waals surface area contributed by atoms with Crippen LogP contribution in [0.3, 0.4) is 0 Å². The Bertz CT molecular complexity index is 1440. The molecule has 2 saturated heterocycles. The Morgan fingerprint density at radius 2 is 1.61 bits per heavy atom. The molecule has 0 radical (unpaired) electrons. The summed E-state index contributed by atoms with van der Waals surface area (Å²) in [4.78, 5) is 42.8. The quantitative estimate of drug-likeness (QED) is 0.123. The molecular formula is C44H73NO12. The third-order valence-corrected chi connectivity index (χ3v) is 12.8. The summed E-state index contributed by atoms with van der Waals surface area (Å²) >= 11 is 0. The largest absolute Gasteiger partial charge is 0.456 e. The van der Waals surface area contributed by atoms with Crippen LogP contribution in [-0.4, -0.2) is 126 Å². The number of hydrogen-bond acceptors (Lipinski definition) is 12. The molecule has 7 N–H and O–H groups in total. The number of allylic oxidation sites excluding steroid dienone is 1. The Hall–Kier alpha value is -2.49. The summed E-state index contributed by atoms with van der Waals surface area (Å²) in [5.74, 6) is -7.51. The van der Waals surface area contributed by atoms with E-state index in [0.717, 1.165) is 10.5 Å². The second kappa shape index (κ2) is 21.7. The molecule has 13 nitrogen and oxygen atoms in total. The van der Waals surface area contributed by atoms with Gasteiger partial charge in [-0.05, 0) is 101 Å². The van der Waals surface area contributed by atoms with Crippen molar-refractivity contribution in [2.24, 2.45) is 29.6 Å². The average Bonchev–Trinajstić information content (AvgIpc) is 3.64. The Morgan fingerprint density at radius 1 is 0.965 bits per heavy atom. The van der Waals surface area contributed by atoms with Crippen molar-refractivity contribution in [1.82, 2.24) is 4.90 Å². The Kier molecular flexibility index (Phi) is 18.6. The molecule has 13 heteroatoms. The highest BCUT2D eigenvalue weighted by Crippen LogP contribution is 2.37. The Morgan fingerprint density at radius 3 is 2.25 bits per heavy atom. The SMILES string of the molecule is CC/C1=C/CC(/C(C)=C/C(C)C(C)O)OC(=O)C2CCCN2C(=O)C(=O)C2(O)OC(CCC2C)CC(O)C(C)C(O)CC(O)CC(O)/C(C)=C\C(C)CC(C)C1O. The van der Waals surface area contributed by atoms with E-state index < -0.39 is 90.2 Å². The predicted molar refractivity (Wildman–Crippen MR) is 215 cm³/mol. The standard InChI is InChI=1S/C44H73NO12/c1-10-32-14-16-39(27(5)20-25(3)31(9)46)56-43(54)35-12-11-17-45(35)42(53)41(52)44(55)29(7)13-15-34(57-44)23-38(50)30(8)37(49)22-33(47)21-36(48)26(4)18-24(2)19-28(6)40(32)51/h14,18,20,24-25,28-31,33-40,46-51,55H,10-13,15-17,19,21-23H2,1-9H3/b26-18-,27-20+,32-14-. The molecule has 3 aliphatic heterocycles. The van der Waals surface area contributed by atoms with Gasteiger partial charge in [0.1, 0.15) is 12.1 Å². The molecule has 0 aromatic rings. The lowest BCUT2D eigenvalue weighted by atomic mass is 9.83. The van der Waals surface area contributed by atoms with Crippen LogP contribution in [0.15, 0.2) is 34.9 Å². The number of fused-ring (bicyclic) bond motifs is 3. The van der Waals surface area contributed by atoms with E-state index in [4.69, 9.17) is 9.47 Å². The van der Waals surface area contributed by atoms with Gasteiger partial charge in [-0.2, -0.15) is 0 Å². The number of esters is 1. The van der Waals surface area contributed by atoms with Crippen LogP contribution in [0.25, 0.3) is 0 Å². The van der Waals surface area contributed by atoms with Crippen molar-refractivity contribution in [3.05, 3.63) is 34.9 Å². The van der Waals surface area contributed by atoms with E-state index in [2.05, 4.69) is 0 Å². The van der Waals surface area contributed by atoms with Crippen LogP contribution in [0.4, 0.5) is 0 Å². The van der Waals surface area contributed by atoms with Gasteiger partial charge in [0.2, 0.25) is 5.79 Å². The highest BCUT2D eigenvalue weighted by molar-refractivity contribution is 6.39. The molecule has 2 bridgehead atoms. The van der Waals surface area contributed by atoms with E-state index in [1.54, 1.807) is 34.6 Å². The van der Waals surface area contributed by atoms with Gasteiger partial charge in [0.05, 0.1) is 42.7 Å². The topological polar surface area (TPSA) is 215 Å². The normalized spacial score (nSPS) is 41.2. The minimum absolute atomic E-state index is 0.0316. The van der Waals surface area contributed by atoms with Crippen LogP contribution in [0.2, 0.25) is 0 Å². The molecule has 326 valence electrons. The number of aliphatic hydroxyl groups excluding tert-OH is 6. The first-order valence-electron chi connectivity index (χ1n) is 21.2. The number of ketones is 1. The Labute approximate surface area is 339 Å². The van der Waals surface area contributed by atoms with E-state index >= 15 is 0 Å². The summed E-state index contributed by atoms with van der Waals surface area (Å²) in [6, 6.07) is -1.09. The van der Waals surface area contributed by atoms with E-state index in [0.29, 0.717) is 43.3 Å². The van der Waals surface area contributed by atoms with Crippen LogP contribution in [0, 0.1) is 29.6 Å². The first-order valence-corrected chi connectivity index (χ1v) is 21.2. The van der Waals surface area contributed by atoms with Gasteiger partial charge in [0.25, 0.3) is 11.7 Å². The lowest BCUT2D eigenvalue weighted by molar-refractivity contribution is -0.266. The van der Waals surface area contributed by atoms with Crippen LogP contribution < -0.4 is 0 Å². The lowest BCUT2D eigenvalue weighted by Crippen LogP contribution is -2.59. The lowest BCUT2D eigenvalue weighted by Gasteiger charge is -2.42. The number of amides is 1. The molecule has 2 fully saturated rings. The van der Waals surface area contributed by atoms with Gasteiger partial charge in [-0.1, -0.05) is 59.8 Å². The van der Waals surface area contributed by atoms with Gasteiger partial charge < -0.3 is 50.1 Å². The third kappa shape index (κ3) is 13.0.